The average molecular weight is 252 g/mol. The van der Waals surface area contributed by atoms with Gasteiger partial charge in [-0.3, -0.25) is 0 Å². The quantitative estimate of drug-likeness (QED) is 0.606. The van der Waals surface area contributed by atoms with Crippen LogP contribution in [0, 0.1) is 12.8 Å². The van der Waals surface area contributed by atoms with Crippen molar-refractivity contribution in [1.82, 2.24) is 0 Å². The molecule has 2 aliphatic rings. The van der Waals surface area contributed by atoms with Crippen LogP contribution in [0.4, 0.5) is 4.39 Å². The molecule has 2 rings (SSSR count). The molecule has 2 N–H and O–H groups in total. The van der Waals surface area contributed by atoms with Crippen LogP contribution >= 0.6 is 0 Å². The number of allylic oxidation sites excluding steroid dienone is 1. The first-order valence-corrected chi connectivity index (χ1v) is 5.79. The summed E-state index contributed by atoms with van der Waals surface area (Å²) in [6.07, 6.45) is 13.2. The predicted molar refractivity (Wildman–Crippen MR) is 73.9 cm³/mol. The molecule has 4 heteroatoms. The first kappa shape index (κ1) is 16.2. The largest absolute Gasteiger partial charge is 0.459 e. The second-order valence-electron chi connectivity index (χ2n) is 3.94. The summed E-state index contributed by atoms with van der Waals surface area (Å²) in [4.78, 5) is 4.08. The molecule has 0 saturated heterocycles. The molecule has 1 saturated carbocycles. The number of alkyl halides is 1. The van der Waals surface area contributed by atoms with Gasteiger partial charge in [-0.25, -0.2) is 9.38 Å². The molecule has 1 aliphatic carbocycles. The van der Waals surface area contributed by atoms with Crippen molar-refractivity contribution >= 4 is 6.02 Å². The van der Waals surface area contributed by atoms with E-state index in [2.05, 4.69) is 31.0 Å². The van der Waals surface area contributed by atoms with Crippen molar-refractivity contribution in [1.29, 1.82) is 0 Å². The van der Waals surface area contributed by atoms with Gasteiger partial charge in [0.1, 0.15) is 11.8 Å². The normalized spacial score (nSPS) is 27.7. The van der Waals surface area contributed by atoms with Crippen molar-refractivity contribution < 1.29 is 9.13 Å². The van der Waals surface area contributed by atoms with Crippen molar-refractivity contribution in [3.05, 3.63) is 25.3 Å². The third kappa shape index (κ3) is 4.25. The van der Waals surface area contributed by atoms with Gasteiger partial charge >= 0.3 is 0 Å². The number of hydrogen-bond acceptors (Lipinski definition) is 3. The maximum absolute atomic E-state index is 13.7. The molecular weight excluding hydrogens is 231 g/mol. The topological polar surface area (TPSA) is 47.6 Å². The van der Waals surface area contributed by atoms with Gasteiger partial charge in [0.15, 0.2) is 0 Å². The molecule has 3 nitrogen and oxygen atoms in total. The molecule has 1 heterocycles. The average Bonchev–Trinajstić information content (AvgIpc) is 3.14. The zero-order valence-electron chi connectivity index (χ0n) is 10.8. The number of amidine groups is 1. The number of terminal acetylenes is 1. The summed E-state index contributed by atoms with van der Waals surface area (Å²) in [5.41, 5.74) is 4.36. The van der Waals surface area contributed by atoms with E-state index in [1.807, 2.05) is 19.1 Å². The Morgan fingerprint density at radius 3 is 2.50 bits per heavy atom. The molecule has 1 unspecified atom stereocenters. The van der Waals surface area contributed by atoms with Crippen LogP contribution < -0.4 is 5.73 Å². The van der Waals surface area contributed by atoms with Crippen LogP contribution in [-0.4, -0.2) is 23.8 Å². The lowest BCUT2D eigenvalue weighted by Crippen LogP contribution is -2.39. The van der Waals surface area contributed by atoms with Crippen LogP contribution in [0.2, 0.25) is 0 Å². The molecule has 100 valence electrons. The summed E-state index contributed by atoms with van der Waals surface area (Å²) in [5, 5.41) is 0. The Labute approximate surface area is 109 Å². The van der Waals surface area contributed by atoms with Gasteiger partial charge in [-0.2, -0.15) is 0 Å². The summed E-state index contributed by atoms with van der Waals surface area (Å²) in [5.74, 6) is 0. The standard InChI is InChI=1S/C10H15FN2O.C2H4.C2H2/c1-2-3-7-6-8(10(11)4-5-10)14-9(12)13-7;2*1-2/h2-3,7-8H,4-6H2,1H3,(H2,12,13);1-2H2;1-2H/b3-2+;;/t7?,8-;;/m0../s1. The van der Waals surface area contributed by atoms with E-state index in [-0.39, 0.29) is 12.1 Å². The number of halogens is 1. The zero-order valence-corrected chi connectivity index (χ0v) is 10.8. The Morgan fingerprint density at radius 1 is 1.50 bits per heavy atom. The van der Waals surface area contributed by atoms with E-state index in [1.54, 1.807) is 0 Å². The number of hydrogen-bond donors (Lipinski definition) is 1. The van der Waals surface area contributed by atoms with Gasteiger partial charge in [-0.05, 0) is 19.8 Å². The van der Waals surface area contributed by atoms with E-state index in [1.165, 1.54) is 0 Å². The van der Waals surface area contributed by atoms with Gasteiger partial charge in [-0.15, -0.1) is 26.0 Å². The minimum Gasteiger partial charge on any atom is -0.459 e. The van der Waals surface area contributed by atoms with Crippen molar-refractivity contribution in [3.63, 3.8) is 0 Å². The third-order valence-corrected chi connectivity index (χ3v) is 2.73. The second-order valence-corrected chi connectivity index (χ2v) is 3.94. The third-order valence-electron chi connectivity index (χ3n) is 2.73. The highest BCUT2D eigenvalue weighted by molar-refractivity contribution is 5.72. The fraction of sp³-hybridized carbons (Fsp3) is 0.500. The maximum Gasteiger partial charge on any atom is 0.282 e. The number of rotatable bonds is 2. The lowest BCUT2D eigenvalue weighted by molar-refractivity contribution is 0.0513. The Hall–Kier alpha value is -1.76. The summed E-state index contributed by atoms with van der Waals surface area (Å²) >= 11 is 0. The zero-order chi connectivity index (χ0) is 14.2. The molecule has 2 atom stereocenters. The van der Waals surface area contributed by atoms with Crippen molar-refractivity contribution in [2.45, 2.75) is 44.0 Å². The first-order valence-electron chi connectivity index (χ1n) is 5.79. The number of ether oxygens (including phenoxy) is 1. The van der Waals surface area contributed by atoms with Gasteiger partial charge in [0.2, 0.25) is 0 Å². The van der Waals surface area contributed by atoms with Gasteiger partial charge in [0, 0.05) is 6.42 Å². The van der Waals surface area contributed by atoms with Crippen molar-refractivity contribution in [2.24, 2.45) is 10.7 Å². The first-order chi connectivity index (χ1) is 8.64. The number of aliphatic imine (C=N–C) groups is 1. The van der Waals surface area contributed by atoms with E-state index in [0.717, 1.165) is 0 Å². The number of nitrogens with zero attached hydrogens (tertiary/aromatic N) is 1. The van der Waals surface area contributed by atoms with E-state index in [9.17, 15) is 4.39 Å². The van der Waals surface area contributed by atoms with Gasteiger partial charge in [0.05, 0.1) is 6.04 Å². The summed E-state index contributed by atoms with van der Waals surface area (Å²) < 4.78 is 18.9. The summed E-state index contributed by atoms with van der Waals surface area (Å²) in [7, 11) is 0. The van der Waals surface area contributed by atoms with E-state index < -0.39 is 11.8 Å². The fourth-order valence-corrected chi connectivity index (χ4v) is 1.76. The molecule has 0 aromatic heterocycles. The minimum atomic E-state index is -1.14. The molecule has 0 aromatic carbocycles. The lowest BCUT2D eigenvalue weighted by atomic mass is 10.0. The molecule has 1 aliphatic heterocycles. The molecule has 0 spiro atoms. The molecule has 0 radical (unpaired) electrons. The van der Waals surface area contributed by atoms with Gasteiger partial charge < -0.3 is 10.5 Å². The SMILES string of the molecule is C#C.C/C=C/C1C[C@@H](C2(F)CC2)OC(N)=N1.C=C. The lowest BCUT2D eigenvalue weighted by Gasteiger charge is -2.27. The van der Waals surface area contributed by atoms with E-state index >= 15 is 0 Å². The van der Waals surface area contributed by atoms with E-state index in [4.69, 9.17) is 10.5 Å². The molecule has 18 heavy (non-hydrogen) atoms. The molecule has 0 amide bonds. The monoisotopic (exact) mass is 252 g/mol. The van der Waals surface area contributed by atoms with Crippen LogP contribution in [0.15, 0.2) is 30.3 Å². The summed E-state index contributed by atoms with van der Waals surface area (Å²) in [6, 6.07) is 0.0975. The maximum atomic E-state index is 13.7. The van der Waals surface area contributed by atoms with Gasteiger partial charge in [0.25, 0.3) is 6.02 Å². The highest BCUT2D eigenvalue weighted by atomic mass is 19.1. The number of nitrogens with two attached hydrogens (primary N) is 1. The van der Waals surface area contributed by atoms with Crippen LogP contribution in [0.5, 0.6) is 0 Å². The molecule has 0 aromatic rings. The van der Waals surface area contributed by atoms with Crippen molar-refractivity contribution in [3.8, 4) is 12.8 Å². The Morgan fingerprint density at radius 2 is 2.06 bits per heavy atom. The fourth-order valence-electron chi connectivity index (χ4n) is 1.76. The highest BCUT2D eigenvalue weighted by Crippen LogP contribution is 2.46. The molecule has 0 bridgehead atoms. The van der Waals surface area contributed by atoms with Crippen LogP contribution in [0.25, 0.3) is 0 Å². The second kappa shape index (κ2) is 7.54. The van der Waals surface area contributed by atoms with Crippen molar-refractivity contribution in [2.75, 3.05) is 0 Å². The van der Waals surface area contributed by atoms with Crippen LogP contribution in [-0.2, 0) is 4.74 Å². The van der Waals surface area contributed by atoms with Gasteiger partial charge in [-0.1, -0.05) is 12.2 Å². The molecule has 1 fully saturated rings. The smallest absolute Gasteiger partial charge is 0.282 e. The van der Waals surface area contributed by atoms with Crippen LogP contribution in [0.1, 0.15) is 26.2 Å². The Balaban J connectivity index is 0.000000659. The Kier molecular flexibility index (Phi) is 6.81. The minimum absolute atomic E-state index is 0.0213. The highest BCUT2D eigenvalue weighted by Gasteiger charge is 2.53. The molecular formula is C14H21FN2O. The Bertz CT molecular complexity index is 332. The summed E-state index contributed by atoms with van der Waals surface area (Å²) in [6.45, 7) is 7.92. The van der Waals surface area contributed by atoms with E-state index in [0.29, 0.717) is 19.3 Å². The predicted octanol–water partition coefficient (Wildman–Crippen LogP) is 2.59. The van der Waals surface area contributed by atoms with Crippen LogP contribution in [0.3, 0.4) is 0 Å².